The predicted molar refractivity (Wildman–Crippen MR) is 85.8 cm³/mol. The van der Waals surface area contributed by atoms with Crippen molar-refractivity contribution in [3.05, 3.63) is 33.8 Å². The molecule has 0 atom stereocenters. The zero-order chi connectivity index (χ0) is 14.8. The minimum atomic E-state index is 0.453. The van der Waals surface area contributed by atoms with Crippen molar-refractivity contribution in [2.75, 3.05) is 26.3 Å². The Morgan fingerprint density at radius 1 is 1.30 bits per heavy atom. The monoisotopic (exact) mass is 317 g/mol. The lowest BCUT2D eigenvalue weighted by Crippen LogP contribution is -2.33. The van der Waals surface area contributed by atoms with Crippen molar-refractivity contribution in [2.24, 2.45) is 10.7 Å². The van der Waals surface area contributed by atoms with Crippen molar-refractivity contribution in [2.45, 2.75) is 19.8 Å². The van der Waals surface area contributed by atoms with E-state index in [1.165, 1.54) is 0 Å². The molecule has 1 aromatic rings. The van der Waals surface area contributed by atoms with Crippen LogP contribution in [-0.2, 0) is 11.2 Å². The first-order chi connectivity index (χ1) is 9.61. The molecule has 0 spiro atoms. The van der Waals surface area contributed by atoms with Crippen LogP contribution in [-0.4, -0.2) is 32.3 Å². The van der Waals surface area contributed by atoms with E-state index in [9.17, 15) is 0 Å². The lowest BCUT2D eigenvalue weighted by molar-refractivity contribution is 0.146. The highest BCUT2D eigenvalue weighted by atomic mass is 35.5. The summed E-state index contributed by atoms with van der Waals surface area (Å²) in [5, 5.41) is 4.35. The molecular weight excluding hydrogens is 297 g/mol. The van der Waals surface area contributed by atoms with Crippen molar-refractivity contribution < 1.29 is 4.74 Å². The van der Waals surface area contributed by atoms with Gasteiger partial charge in [0.2, 0.25) is 0 Å². The van der Waals surface area contributed by atoms with Gasteiger partial charge < -0.3 is 15.8 Å². The summed E-state index contributed by atoms with van der Waals surface area (Å²) in [6, 6.07) is 5.50. The highest BCUT2D eigenvalue weighted by Crippen LogP contribution is 2.19. The minimum Gasteiger partial charge on any atom is -0.382 e. The van der Waals surface area contributed by atoms with E-state index in [1.54, 1.807) is 6.07 Å². The lowest BCUT2D eigenvalue weighted by atomic mass is 10.1. The van der Waals surface area contributed by atoms with E-state index in [2.05, 4.69) is 10.3 Å². The van der Waals surface area contributed by atoms with E-state index in [1.807, 2.05) is 19.1 Å². The van der Waals surface area contributed by atoms with Gasteiger partial charge in [-0.2, -0.15) is 0 Å². The molecule has 0 saturated carbocycles. The van der Waals surface area contributed by atoms with Crippen LogP contribution in [0.15, 0.2) is 23.2 Å². The van der Waals surface area contributed by atoms with Crippen LogP contribution in [0.2, 0.25) is 10.0 Å². The molecule has 4 nitrogen and oxygen atoms in total. The van der Waals surface area contributed by atoms with Crippen molar-refractivity contribution in [1.82, 2.24) is 5.32 Å². The van der Waals surface area contributed by atoms with Crippen molar-refractivity contribution in [3.8, 4) is 0 Å². The summed E-state index contributed by atoms with van der Waals surface area (Å²) < 4.78 is 5.22. The molecule has 3 N–H and O–H groups in total. The zero-order valence-electron chi connectivity index (χ0n) is 11.7. The number of guanidine groups is 1. The third-order valence-corrected chi connectivity index (χ3v) is 3.01. The molecule has 0 amide bonds. The molecule has 0 radical (unpaired) electrons. The normalized spacial score (nSPS) is 11.7. The molecule has 0 unspecified atom stereocenters. The Bertz CT molecular complexity index is 418. The molecule has 20 heavy (non-hydrogen) atoms. The van der Waals surface area contributed by atoms with Gasteiger partial charge in [0, 0.05) is 36.3 Å². The van der Waals surface area contributed by atoms with Crippen LogP contribution in [0, 0.1) is 0 Å². The van der Waals surface area contributed by atoms with E-state index in [-0.39, 0.29) is 0 Å². The fraction of sp³-hybridized carbons (Fsp3) is 0.500. The van der Waals surface area contributed by atoms with Gasteiger partial charge in [-0.1, -0.05) is 23.2 Å². The van der Waals surface area contributed by atoms with Gasteiger partial charge in [0.05, 0.1) is 0 Å². The second kappa shape index (κ2) is 9.86. The molecule has 0 fully saturated rings. The van der Waals surface area contributed by atoms with Gasteiger partial charge >= 0.3 is 0 Å². The Hall–Kier alpha value is -0.970. The quantitative estimate of drug-likeness (QED) is 0.440. The average molecular weight is 318 g/mol. The molecule has 0 aliphatic rings. The standard InChI is InChI=1S/C14H21Cl2N3O/c1-2-20-7-3-5-18-14(17)19-6-4-11-8-12(15)10-13(16)9-11/h8-10H,2-7H2,1H3,(H3,17,18,19). The van der Waals surface area contributed by atoms with Crippen LogP contribution in [0.3, 0.4) is 0 Å². The van der Waals surface area contributed by atoms with Crippen LogP contribution < -0.4 is 11.1 Å². The molecule has 6 heteroatoms. The number of hydrogen-bond acceptors (Lipinski definition) is 2. The third kappa shape index (κ3) is 7.58. The van der Waals surface area contributed by atoms with E-state index in [4.69, 9.17) is 33.7 Å². The number of nitrogens with zero attached hydrogens (tertiary/aromatic N) is 1. The molecule has 1 rings (SSSR count). The summed E-state index contributed by atoms with van der Waals surface area (Å²) in [5.74, 6) is 0.453. The first kappa shape index (κ1) is 17.1. The number of rotatable bonds is 8. The van der Waals surface area contributed by atoms with Crippen LogP contribution in [0.5, 0.6) is 0 Å². The highest BCUT2D eigenvalue weighted by Gasteiger charge is 1.99. The van der Waals surface area contributed by atoms with Gasteiger partial charge in [-0.3, -0.25) is 4.99 Å². The molecular formula is C14H21Cl2N3O. The number of halogens is 2. The van der Waals surface area contributed by atoms with Crippen molar-refractivity contribution in [1.29, 1.82) is 0 Å². The Labute approximate surface area is 130 Å². The Morgan fingerprint density at radius 2 is 2.00 bits per heavy atom. The van der Waals surface area contributed by atoms with E-state index in [0.29, 0.717) is 35.7 Å². The summed E-state index contributed by atoms with van der Waals surface area (Å²) in [6.07, 6.45) is 1.66. The molecule has 0 saturated heterocycles. The number of benzene rings is 1. The Morgan fingerprint density at radius 3 is 2.65 bits per heavy atom. The summed E-state index contributed by atoms with van der Waals surface area (Å²) in [5.41, 5.74) is 6.83. The molecule has 1 aromatic carbocycles. The van der Waals surface area contributed by atoms with Crippen LogP contribution in [0.1, 0.15) is 18.9 Å². The average Bonchev–Trinajstić information content (AvgIpc) is 2.37. The lowest BCUT2D eigenvalue weighted by Gasteiger charge is -2.07. The maximum absolute atomic E-state index is 5.94. The van der Waals surface area contributed by atoms with Crippen LogP contribution in [0.25, 0.3) is 0 Å². The number of ether oxygens (including phenoxy) is 1. The third-order valence-electron chi connectivity index (χ3n) is 2.58. The molecule has 0 bridgehead atoms. The van der Waals surface area contributed by atoms with Crippen molar-refractivity contribution >= 4 is 29.2 Å². The predicted octanol–water partition coefficient (Wildman–Crippen LogP) is 2.87. The topological polar surface area (TPSA) is 59.6 Å². The molecule has 0 aliphatic heterocycles. The fourth-order valence-corrected chi connectivity index (χ4v) is 2.23. The number of aliphatic imine (C=N–C) groups is 1. The minimum absolute atomic E-state index is 0.453. The van der Waals surface area contributed by atoms with Gasteiger partial charge in [0.25, 0.3) is 0 Å². The Kier molecular flexibility index (Phi) is 8.42. The number of hydrogen-bond donors (Lipinski definition) is 2. The van der Waals surface area contributed by atoms with Crippen molar-refractivity contribution in [3.63, 3.8) is 0 Å². The first-order valence-corrected chi connectivity index (χ1v) is 7.44. The highest BCUT2D eigenvalue weighted by molar-refractivity contribution is 6.34. The fourth-order valence-electron chi connectivity index (χ4n) is 1.66. The van der Waals surface area contributed by atoms with E-state index >= 15 is 0 Å². The van der Waals surface area contributed by atoms with Crippen LogP contribution in [0.4, 0.5) is 0 Å². The molecule has 112 valence electrons. The largest absolute Gasteiger partial charge is 0.382 e. The van der Waals surface area contributed by atoms with Crippen LogP contribution >= 0.6 is 23.2 Å². The smallest absolute Gasteiger partial charge is 0.188 e. The molecule has 0 heterocycles. The second-order valence-electron chi connectivity index (χ2n) is 4.27. The Balaban J connectivity index is 2.23. The van der Waals surface area contributed by atoms with E-state index < -0.39 is 0 Å². The first-order valence-electron chi connectivity index (χ1n) is 6.68. The zero-order valence-corrected chi connectivity index (χ0v) is 13.2. The maximum atomic E-state index is 5.94. The van der Waals surface area contributed by atoms with E-state index in [0.717, 1.165) is 25.0 Å². The van der Waals surface area contributed by atoms with Gasteiger partial charge in [0.1, 0.15) is 0 Å². The summed E-state index contributed by atoms with van der Waals surface area (Å²) in [4.78, 5) is 4.21. The summed E-state index contributed by atoms with van der Waals surface area (Å²) in [6.45, 7) is 4.79. The number of nitrogens with one attached hydrogen (secondary N) is 1. The van der Waals surface area contributed by atoms with Gasteiger partial charge in [-0.25, -0.2) is 0 Å². The van der Waals surface area contributed by atoms with Gasteiger partial charge in [-0.05, 0) is 43.5 Å². The SMILES string of the molecule is CCOCCCN=C(N)NCCc1cc(Cl)cc(Cl)c1. The molecule has 0 aliphatic carbocycles. The summed E-state index contributed by atoms with van der Waals surface area (Å²) >= 11 is 11.9. The maximum Gasteiger partial charge on any atom is 0.188 e. The summed E-state index contributed by atoms with van der Waals surface area (Å²) in [7, 11) is 0. The second-order valence-corrected chi connectivity index (χ2v) is 5.14. The number of nitrogens with two attached hydrogens (primary N) is 1. The molecule has 0 aromatic heterocycles. The van der Waals surface area contributed by atoms with Gasteiger partial charge in [-0.15, -0.1) is 0 Å². The van der Waals surface area contributed by atoms with Gasteiger partial charge in [0.15, 0.2) is 5.96 Å².